The van der Waals surface area contributed by atoms with E-state index in [0.717, 1.165) is 55.8 Å². The van der Waals surface area contributed by atoms with E-state index in [-0.39, 0.29) is 17.9 Å². The number of hydrogen-bond acceptors (Lipinski definition) is 5. The average molecular weight is 423 g/mol. The second-order valence-corrected chi connectivity index (χ2v) is 8.38. The molecule has 3 heterocycles. The van der Waals surface area contributed by atoms with E-state index in [2.05, 4.69) is 32.7 Å². The number of rotatable bonds is 6. The number of hydrogen-bond donors (Lipinski definition) is 2. The van der Waals surface area contributed by atoms with E-state index in [9.17, 15) is 9.59 Å². The third kappa shape index (κ3) is 5.29. The van der Waals surface area contributed by atoms with Crippen molar-refractivity contribution in [1.82, 2.24) is 15.2 Å². The molecule has 2 amide bonds. The van der Waals surface area contributed by atoms with Crippen LogP contribution in [0.5, 0.6) is 0 Å². The van der Waals surface area contributed by atoms with Gasteiger partial charge in [-0.05, 0) is 60.6 Å². The summed E-state index contributed by atoms with van der Waals surface area (Å²) < 4.78 is 5.49. The molecule has 2 aliphatic heterocycles. The molecule has 7 nitrogen and oxygen atoms in total. The van der Waals surface area contributed by atoms with Gasteiger partial charge >= 0.3 is 0 Å². The van der Waals surface area contributed by atoms with Gasteiger partial charge in [0.05, 0.1) is 0 Å². The van der Waals surface area contributed by atoms with E-state index in [1.165, 1.54) is 23.6 Å². The molecule has 4 rings (SSSR count). The summed E-state index contributed by atoms with van der Waals surface area (Å²) in [6.07, 6.45) is 4.36. The van der Waals surface area contributed by atoms with Crippen LogP contribution in [0.4, 0.5) is 5.69 Å². The van der Waals surface area contributed by atoms with Crippen LogP contribution in [0.15, 0.2) is 30.5 Å². The molecule has 0 spiro atoms. The molecule has 2 aliphatic rings. The summed E-state index contributed by atoms with van der Waals surface area (Å²) in [7, 11) is 0. The number of aromatic nitrogens is 1. The van der Waals surface area contributed by atoms with Gasteiger partial charge in [0.25, 0.3) is 0 Å². The van der Waals surface area contributed by atoms with Crippen molar-refractivity contribution >= 4 is 17.5 Å². The molecular weight excluding hydrogens is 392 g/mol. The monoisotopic (exact) mass is 422 g/mol. The van der Waals surface area contributed by atoms with Crippen LogP contribution < -0.4 is 10.6 Å². The highest BCUT2D eigenvalue weighted by atomic mass is 16.5. The minimum Gasteiger partial charge on any atom is -0.368 e. The van der Waals surface area contributed by atoms with Crippen LogP contribution in [0.3, 0.4) is 0 Å². The lowest BCUT2D eigenvalue weighted by atomic mass is 9.94. The van der Waals surface area contributed by atoms with E-state index < -0.39 is 0 Å². The number of carbonyl (C=O) groups is 2. The van der Waals surface area contributed by atoms with Gasteiger partial charge in [-0.2, -0.15) is 0 Å². The summed E-state index contributed by atoms with van der Waals surface area (Å²) >= 11 is 0. The second-order valence-electron chi connectivity index (χ2n) is 8.38. The molecule has 0 radical (unpaired) electrons. The number of aryl methyl sites for hydroxylation is 1. The van der Waals surface area contributed by atoms with E-state index in [1.807, 2.05) is 25.3 Å². The van der Waals surface area contributed by atoms with Crippen LogP contribution in [0, 0.1) is 6.92 Å². The summed E-state index contributed by atoms with van der Waals surface area (Å²) in [5.74, 6) is -0.0828. The van der Waals surface area contributed by atoms with Crippen LogP contribution in [0.1, 0.15) is 47.7 Å². The second kappa shape index (κ2) is 9.58. The number of anilines is 1. The van der Waals surface area contributed by atoms with E-state index in [4.69, 9.17) is 4.74 Å². The number of ether oxygens (including phenoxy) is 1. The Labute approximate surface area is 183 Å². The largest absolute Gasteiger partial charge is 0.368 e. The maximum Gasteiger partial charge on any atom is 0.249 e. The number of pyridine rings is 1. The van der Waals surface area contributed by atoms with Crippen LogP contribution in [0.25, 0.3) is 0 Å². The lowest BCUT2D eigenvalue weighted by molar-refractivity contribution is -0.130. The van der Waals surface area contributed by atoms with Gasteiger partial charge < -0.3 is 15.4 Å². The predicted molar refractivity (Wildman–Crippen MR) is 118 cm³/mol. The minimum absolute atomic E-state index is 0.0188. The molecular formula is C24H30N4O3. The predicted octanol–water partition coefficient (Wildman–Crippen LogP) is 2.70. The Bertz CT molecular complexity index is 952. The molecule has 7 heteroatoms. The molecule has 1 fully saturated rings. The molecule has 1 saturated heterocycles. The first kappa shape index (κ1) is 21.5. The van der Waals surface area contributed by atoms with Crippen molar-refractivity contribution in [2.45, 2.75) is 58.8 Å². The Morgan fingerprint density at radius 2 is 2.06 bits per heavy atom. The fourth-order valence-electron chi connectivity index (χ4n) is 4.38. The topological polar surface area (TPSA) is 83.6 Å². The smallest absolute Gasteiger partial charge is 0.249 e. The average Bonchev–Trinajstić information content (AvgIpc) is 3.29. The molecule has 1 aromatic carbocycles. The standard InChI is InChI=1S/C24H30N4O3/c1-16-22(13-26-24(30)23-4-3-11-31-23)21-9-10-28(15-19(21)12-25-16)14-18-5-7-20(8-6-18)27-17(2)29/h5-8,12,23H,3-4,9-11,13-15H2,1-2H3,(H,26,30)(H,27,29). The Morgan fingerprint density at radius 3 is 2.77 bits per heavy atom. The minimum atomic E-state index is -0.305. The van der Waals surface area contributed by atoms with Gasteiger partial charge in [0.15, 0.2) is 0 Å². The molecule has 1 unspecified atom stereocenters. The molecule has 31 heavy (non-hydrogen) atoms. The number of fused-ring (bicyclic) bond motifs is 1. The van der Waals surface area contributed by atoms with Gasteiger partial charge in [0.1, 0.15) is 6.10 Å². The van der Waals surface area contributed by atoms with Crippen molar-refractivity contribution in [3.63, 3.8) is 0 Å². The van der Waals surface area contributed by atoms with Crippen molar-refractivity contribution < 1.29 is 14.3 Å². The molecule has 2 aromatic rings. The number of amides is 2. The van der Waals surface area contributed by atoms with Crippen LogP contribution in [-0.2, 0) is 40.4 Å². The van der Waals surface area contributed by atoms with Gasteiger partial charge in [-0.1, -0.05) is 12.1 Å². The first-order valence-electron chi connectivity index (χ1n) is 10.9. The number of carbonyl (C=O) groups excluding carboxylic acids is 2. The summed E-state index contributed by atoms with van der Waals surface area (Å²) in [6, 6.07) is 7.99. The number of nitrogens with one attached hydrogen (secondary N) is 2. The van der Waals surface area contributed by atoms with Gasteiger partial charge in [0.2, 0.25) is 11.8 Å². The first-order valence-corrected chi connectivity index (χ1v) is 10.9. The lowest BCUT2D eigenvalue weighted by Gasteiger charge is -2.30. The van der Waals surface area contributed by atoms with Crippen LogP contribution in [0.2, 0.25) is 0 Å². The van der Waals surface area contributed by atoms with Crippen molar-refractivity contribution in [2.24, 2.45) is 0 Å². The van der Waals surface area contributed by atoms with Gasteiger partial charge in [-0.15, -0.1) is 0 Å². The SMILES string of the molecule is CC(=O)Nc1ccc(CN2CCc3c(cnc(C)c3CNC(=O)C3CCCO3)C2)cc1. The lowest BCUT2D eigenvalue weighted by Crippen LogP contribution is -2.35. The van der Waals surface area contributed by atoms with E-state index >= 15 is 0 Å². The number of benzene rings is 1. The maximum atomic E-state index is 12.3. The Hall–Kier alpha value is -2.77. The molecule has 1 aromatic heterocycles. The van der Waals surface area contributed by atoms with Crippen LogP contribution >= 0.6 is 0 Å². The third-order valence-corrected chi connectivity index (χ3v) is 6.02. The quantitative estimate of drug-likeness (QED) is 0.748. The maximum absolute atomic E-state index is 12.3. The zero-order valence-electron chi connectivity index (χ0n) is 18.2. The summed E-state index contributed by atoms with van der Waals surface area (Å²) in [4.78, 5) is 30.5. The normalized spacial score (nSPS) is 18.5. The molecule has 0 bridgehead atoms. The summed E-state index contributed by atoms with van der Waals surface area (Å²) in [6.45, 7) is 7.34. The van der Waals surface area contributed by atoms with Crippen molar-refractivity contribution in [1.29, 1.82) is 0 Å². The zero-order chi connectivity index (χ0) is 21.8. The van der Waals surface area contributed by atoms with Crippen LogP contribution in [-0.4, -0.2) is 41.0 Å². The van der Waals surface area contributed by atoms with E-state index in [0.29, 0.717) is 13.2 Å². The van der Waals surface area contributed by atoms with Gasteiger partial charge in [-0.3, -0.25) is 19.5 Å². The highest BCUT2D eigenvalue weighted by molar-refractivity contribution is 5.88. The third-order valence-electron chi connectivity index (χ3n) is 6.02. The van der Waals surface area contributed by atoms with Crippen molar-refractivity contribution in [3.05, 3.63) is 58.4 Å². The van der Waals surface area contributed by atoms with E-state index in [1.54, 1.807) is 0 Å². The Balaban J connectivity index is 1.39. The molecule has 2 N–H and O–H groups in total. The molecule has 0 aliphatic carbocycles. The van der Waals surface area contributed by atoms with Crippen molar-refractivity contribution in [3.8, 4) is 0 Å². The highest BCUT2D eigenvalue weighted by Crippen LogP contribution is 2.25. The molecule has 164 valence electrons. The number of nitrogens with zero attached hydrogens (tertiary/aromatic N) is 2. The molecule has 0 saturated carbocycles. The Kier molecular flexibility index (Phi) is 6.63. The highest BCUT2D eigenvalue weighted by Gasteiger charge is 2.25. The summed E-state index contributed by atoms with van der Waals surface area (Å²) in [5.41, 5.74) is 6.69. The zero-order valence-corrected chi connectivity index (χ0v) is 18.2. The van der Waals surface area contributed by atoms with Gasteiger partial charge in [0, 0.05) is 57.3 Å². The fourth-order valence-corrected chi connectivity index (χ4v) is 4.38. The first-order chi connectivity index (χ1) is 15.0. The Morgan fingerprint density at radius 1 is 1.26 bits per heavy atom. The summed E-state index contributed by atoms with van der Waals surface area (Å²) in [5, 5.41) is 5.85. The van der Waals surface area contributed by atoms with Crippen molar-refractivity contribution in [2.75, 3.05) is 18.5 Å². The molecule has 1 atom stereocenters. The van der Waals surface area contributed by atoms with Gasteiger partial charge in [-0.25, -0.2) is 0 Å². The fraction of sp³-hybridized carbons (Fsp3) is 0.458.